The molecule has 0 bridgehead atoms. The molecule has 0 fully saturated rings. The van der Waals surface area contributed by atoms with Crippen LogP contribution in [0.25, 0.3) is 0 Å². The van der Waals surface area contributed by atoms with Crippen LogP contribution >= 0.6 is 0 Å². The summed E-state index contributed by atoms with van der Waals surface area (Å²) in [5.41, 5.74) is 1.34. The van der Waals surface area contributed by atoms with E-state index in [2.05, 4.69) is 6.92 Å². The minimum absolute atomic E-state index is 0.116. The highest BCUT2D eigenvalue weighted by Crippen LogP contribution is 2.13. The van der Waals surface area contributed by atoms with E-state index in [-0.39, 0.29) is 37.6 Å². The second-order valence-electron chi connectivity index (χ2n) is 7.43. The Balaban J connectivity index is 0.000000582. The van der Waals surface area contributed by atoms with Gasteiger partial charge in [-0.25, -0.2) is 0 Å². The minimum Gasteiger partial charge on any atom is -0.508 e. The maximum Gasteiger partial charge on any atom is 0.264 e. The lowest BCUT2D eigenvalue weighted by Gasteiger charge is -2.02. The van der Waals surface area contributed by atoms with Crippen molar-refractivity contribution in [1.29, 1.82) is 0 Å². The molecule has 1 aromatic carbocycles. The smallest absolute Gasteiger partial charge is 0.264 e. The fourth-order valence-corrected chi connectivity index (χ4v) is 3.70. The summed E-state index contributed by atoms with van der Waals surface area (Å²) in [5.74, 6) is -0.403. The molecule has 0 aliphatic heterocycles. The van der Waals surface area contributed by atoms with E-state index in [1.54, 1.807) is 12.1 Å². The molecule has 182 valence electrons. The summed E-state index contributed by atoms with van der Waals surface area (Å²) < 4.78 is 62.5. The summed E-state index contributed by atoms with van der Waals surface area (Å²) in [6, 6.07) is 7.59. The topological polar surface area (TPSA) is 138 Å². The van der Waals surface area contributed by atoms with Crippen molar-refractivity contribution in [2.45, 2.75) is 71.1 Å². The third kappa shape index (κ3) is 23.3. The number of aryl methyl sites for hydroxylation is 1. The number of phenols is 1. The average Bonchev–Trinajstić information content (AvgIpc) is 2.67. The van der Waals surface area contributed by atoms with Crippen LogP contribution in [0.2, 0.25) is 0 Å². The first-order valence-electron chi connectivity index (χ1n) is 10.8. The zero-order valence-electron chi connectivity index (χ0n) is 18.4. The molecule has 3 N–H and O–H groups in total. The predicted octanol–water partition coefficient (Wildman–Crippen LogP) is 4.24. The summed E-state index contributed by atoms with van der Waals surface area (Å²) in [6.45, 7) is 2.49. The molecule has 0 atom stereocenters. The number of benzene rings is 1. The summed E-state index contributed by atoms with van der Waals surface area (Å²) >= 11 is 0. The van der Waals surface area contributed by atoms with Gasteiger partial charge in [-0.05, 0) is 43.4 Å². The number of rotatable bonds is 16. The number of aromatic hydroxyl groups is 1. The van der Waals surface area contributed by atoms with Crippen molar-refractivity contribution in [3.63, 3.8) is 0 Å². The van der Waals surface area contributed by atoms with E-state index in [1.807, 2.05) is 12.1 Å². The normalized spacial score (nSPS) is 11.7. The molecule has 0 amide bonds. The Labute approximate surface area is 187 Å². The highest BCUT2D eigenvalue weighted by Gasteiger charge is 2.05. The molecule has 0 saturated heterocycles. The van der Waals surface area contributed by atoms with Gasteiger partial charge in [0.1, 0.15) is 5.75 Å². The van der Waals surface area contributed by atoms with Crippen LogP contribution in [-0.4, -0.2) is 55.8 Å². The SMILES string of the molecule is CCCCCCCCCc1ccc(O)cc1.O=S(=O)(O)CCCOCCCS(=O)(=O)O. The summed E-state index contributed by atoms with van der Waals surface area (Å²) in [4.78, 5) is 0. The van der Waals surface area contributed by atoms with E-state index in [1.165, 1.54) is 50.5 Å². The van der Waals surface area contributed by atoms with Crippen LogP contribution in [-0.2, 0) is 31.4 Å². The zero-order chi connectivity index (χ0) is 23.6. The Hall–Kier alpha value is -1.20. The van der Waals surface area contributed by atoms with Gasteiger partial charge in [-0.3, -0.25) is 9.11 Å². The number of hydrogen-bond acceptors (Lipinski definition) is 6. The lowest BCUT2D eigenvalue weighted by molar-refractivity contribution is 0.135. The number of unbranched alkanes of at least 4 members (excludes halogenated alkanes) is 6. The number of phenolic OH excluding ortho intramolecular Hbond substituents is 1. The monoisotopic (exact) mass is 482 g/mol. The first-order valence-corrected chi connectivity index (χ1v) is 14.0. The highest BCUT2D eigenvalue weighted by atomic mass is 32.2. The Morgan fingerprint density at radius 1 is 0.710 bits per heavy atom. The second kappa shape index (κ2) is 17.4. The van der Waals surface area contributed by atoms with Gasteiger partial charge in [0.25, 0.3) is 20.2 Å². The van der Waals surface area contributed by atoms with Crippen LogP contribution in [0.3, 0.4) is 0 Å². The number of hydrogen-bond donors (Lipinski definition) is 3. The molecule has 1 aromatic rings. The van der Waals surface area contributed by atoms with E-state index < -0.39 is 20.2 Å². The van der Waals surface area contributed by atoms with Crippen molar-refractivity contribution < 1.29 is 35.8 Å². The molecule has 0 aliphatic carbocycles. The Morgan fingerprint density at radius 3 is 1.61 bits per heavy atom. The standard InChI is InChI=1S/C15H24O.C6H14O7S2/c1-2-3-4-5-6-7-8-9-14-10-12-15(16)13-11-14;7-14(8,9)5-1-3-13-4-2-6-15(10,11)12/h10-13,16H,2-9H2,1H3;1-6H2,(H,7,8,9)(H,10,11,12). The molecule has 0 spiro atoms. The maximum atomic E-state index is 10.2. The van der Waals surface area contributed by atoms with Crippen molar-refractivity contribution in [3.8, 4) is 5.75 Å². The van der Waals surface area contributed by atoms with Gasteiger partial charge in [-0.15, -0.1) is 0 Å². The number of ether oxygens (including phenoxy) is 1. The van der Waals surface area contributed by atoms with E-state index in [9.17, 15) is 16.8 Å². The van der Waals surface area contributed by atoms with Crippen molar-refractivity contribution in [2.75, 3.05) is 24.7 Å². The molecule has 0 unspecified atom stereocenters. The van der Waals surface area contributed by atoms with Crippen molar-refractivity contribution in [1.82, 2.24) is 0 Å². The van der Waals surface area contributed by atoms with E-state index >= 15 is 0 Å². The summed E-state index contributed by atoms with van der Waals surface area (Å²) in [6.07, 6.45) is 10.9. The largest absolute Gasteiger partial charge is 0.508 e. The van der Waals surface area contributed by atoms with Crippen molar-refractivity contribution >= 4 is 20.2 Å². The molecule has 31 heavy (non-hydrogen) atoms. The maximum absolute atomic E-state index is 10.2. The molecular weight excluding hydrogens is 444 g/mol. The van der Waals surface area contributed by atoms with Gasteiger partial charge in [0.15, 0.2) is 0 Å². The first-order chi connectivity index (χ1) is 14.5. The molecule has 1 rings (SSSR count). The molecule has 8 nitrogen and oxygen atoms in total. The Bertz CT molecular complexity index is 723. The van der Waals surface area contributed by atoms with Crippen molar-refractivity contribution in [3.05, 3.63) is 29.8 Å². The lowest BCUT2D eigenvalue weighted by Crippen LogP contribution is -2.10. The van der Waals surface area contributed by atoms with E-state index in [0.717, 1.165) is 6.42 Å². The van der Waals surface area contributed by atoms with Crippen LogP contribution in [0.5, 0.6) is 5.75 Å². The van der Waals surface area contributed by atoms with E-state index in [4.69, 9.17) is 18.9 Å². The fraction of sp³-hybridized carbons (Fsp3) is 0.714. The molecule has 0 heterocycles. The molecule has 10 heteroatoms. The zero-order valence-corrected chi connectivity index (χ0v) is 20.0. The average molecular weight is 483 g/mol. The summed E-state index contributed by atoms with van der Waals surface area (Å²) in [5, 5.41) is 9.15. The summed E-state index contributed by atoms with van der Waals surface area (Å²) in [7, 11) is -7.91. The predicted molar refractivity (Wildman–Crippen MR) is 123 cm³/mol. The second-order valence-corrected chi connectivity index (χ2v) is 10.6. The van der Waals surface area contributed by atoms with Crippen LogP contribution in [0.4, 0.5) is 0 Å². The van der Waals surface area contributed by atoms with E-state index in [0.29, 0.717) is 5.75 Å². The van der Waals surface area contributed by atoms with Crippen LogP contribution in [0.1, 0.15) is 70.3 Å². The van der Waals surface area contributed by atoms with Crippen LogP contribution in [0, 0.1) is 0 Å². The minimum atomic E-state index is -3.96. The van der Waals surface area contributed by atoms with Crippen LogP contribution < -0.4 is 0 Å². The quantitative estimate of drug-likeness (QED) is 0.235. The van der Waals surface area contributed by atoms with Gasteiger partial charge in [0, 0.05) is 13.2 Å². The molecule has 0 saturated carbocycles. The molecular formula is C21H38O8S2. The Morgan fingerprint density at radius 2 is 1.16 bits per heavy atom. The Kier molecular flexibility index (Phi) is 16.7. The van der Waals surface area contributed by atoms with Crippen molar-refractivity contribution in [2.24, 2.45) is 0 Å². The highest BCUT2D eigenvalue weighted by molar-refractivity contribution is 7.86. The third-order valence-corrected chi connectivity index (χ3v) is 6.00. The van der Waals surface area contributed by atoms with Gasteiger partial charge in [-0.1, -0.05) is 57.6 Å². The molecule has 0 aliphatic rings. The fourth-order valence-electron chi connectivity index (χ4n) is 2.74. The van der Waals surface area contributed by atoms with Gasteiger partial charge >= 0.3 is 0 Å². The van der Waals surface area contributed by atoms with Gasteiger partial charge in [0.2, 0.25) is 0 Å². The third-order valence-electron chi connectivity index (χ3n) is 4.39. The lowest BCUT2D eigenvalue weighted by atomic mass is 10.0. The molecule has 0 aromatic heterocycles. The molecule has 0 radical (unpaired) electrons. The first kappa shape index (κ1) is 29.8. The van der Waals surface area contributed by atoms with Gasteiger partial charge < -0.3 is 9.84 Å². The van der Waals surface area contributed by atoms with Crippen LogP contribution in [0.15, 0.2) is 24.3 Å². The van der Waals surface area contributed by atoms with Gasteiger partial charge in [0.05, 0.1) is 11.5 Å². The van der Waals surface area contributed by atoms with Gasteiger partial charge in [-0.2, -0.15) is 16.8 Å².